The Morgan fingerprint density at radius 2 is 1.94 bits per heavy atom. The number of rotatable bonds is 6. The molecule has 162 valence electrons. The van der Waals surface area contributed by atoms with Crippen molar-refractivity contribution in [2.75, 3.05) is 24.7 Å². The predicted octanol–water partition coefficient (Wildman–Crippen LogP) is 4.27. The molecule has 1 N–H and O–H groups in total. The highest BCUT2D eigenvalue weighted by molar-refractivity contribution is 7.98. The number of anilines is 1. The molecule has 1 aliphatic rings. The van der Waals surface area contributed by atoms with Crippen molar-refractivity contribution >= 4 is 44.7 Å². The number of hydrogen-bond acceptors (Lipinski definition) is 7. The summed E-state index contributed by atoms with van der Waals surface area (Å²) in [5.74, 6) is 0.224. The maximum Gasteiger partial charge on any atom is 0.260 e. The molecule has 1 aliphatic heterocycles. The highest BCUT2D eigenvalue weighted by Crippen LogP contribution is 2.28. The SMILES string of the molecule is CSc1nc(-c2cccs2)nc(C)c1C(=O)Nc1cccc(S(=O)(=O)N2CCCC2)c1. The van der Waals surface area contributed by atoms with Crippen molar-refractivity contribution < 1.29 is 13.2 Å². The zero-order valence-corrected chi connectivity index (χ0v) is 19.6. The van der Waals surface area contributed by atoms with Crippen LogP contribution >= 0.6 is 23.1 Å². The number of amides is 1. The summed E-state index contributed by atoms with van der Waals surface area (Å²) in [4.78, 5) is 23.3. The van der Waals surface area contributed by atoms with E-state index in [2.05, 4.69) is 15.3 Å². The Balaban J connectivity index is 1.62. The van der Waals surface area contributed by atoms with E-state index in [-0.39, 0.29) is 10.8 Å². The van der Waals surface area contributed by atoms with Gasteiger partial charge in [0, 0.05) is 18.8 Å². The number of thioether (sulfide) groups is 1. The Kier molecular flexibility index (Phi) is 6.42. The molecule has 0 saturated carbocycles. The molecule has 1 saturated heterocycles. The van der Waals surface area contributed by atoms with E-state index in [0.29, 0.717) is 40.9 Å². The minimum absolute atomic E-state index is 0.179. The molecule has 1 fully saturated rings. The van der Waals surface area contributed by atoms with Crippen molar-refractivity contribution in [1.82, 2.24) is 14.3 Å². The topological polar surface area (TPSA) is 92.3 Å². The summed E-state index contributed by atoms with van der Waals surface area (Å²) < 4.78 is 27.2. The molecule has 10 heteroatoms. The summed E-state index contributed by atoms with van der Waals surface area (Å²) in [6.07, 6.45) is 3.60. The van der Waals surface area contributed by atoms with Gasteiger partial charge in [-0.2, -0.15) is 4.31 Å². The molecule has 3 heterocycles. The van der Waals surface area contributed by atoms with E-state index in [1.165, 1.54) is 33.5 Å². The molecule has 0 aliphatic carbocycles. The van der Waals surface area contributed by atoms with E-state index in [9.17, 15) is 13.2 Å². The van der Waals surface area contributed by atoms with Gasteiger partial charge in [0.1, 0.15) is 5.03 Å². The van der Waals surface area contributed by atoms with E-state index < -0.39 is 10.0 Å². The van der Waals surface area contributed by atoms with Gasteiger partial charge in [0.05, 0.1) is 21.0 Å². The Hall–Kier alpha value is -2.27. The van der Waals surface area contributed by atoms with Gasteiger partial charge in [-0.15, -0.1) is 23.1 Å². The van der Waals surface area contributed by atoms with Crippen molar-refractivity contribution in [2.45, 2.75) is 29.7 Å². The third kappa shape index (κ3) is 4.52. The lowest BCUT2D eigenvalue weighted by atomic mass is 10.2. The quantitative estimate of drug-likeness (QED) is 0.424. The van der Waals surface area contributed by atoms with Crippen molar-refractivity contribution in [1.29, 1.82) is 0 Å². The van der Waals surface area contributed by atoms with Crippen LogP contribution in [-0.2, 0) is 10.0 Å². The molecule has 0 unspecified atom stereocenters. The lowest BCUT2D eigenvalue weighted by Gasteiger charge is -2.16. The van der Waals surface area contributed by atoms with Crippen LogP contribution in [0.2, 0.25) is 0 Å². The highest BCUT2D eigenvalue weighted by atomic mass is 32.2. The molecule has 2 aromatic heterocycles. The number of aryl methyl sites for hydroxylation is 1. The molecule has 0 radical (unpaired) electrons. The Morgan fingerprint density at radius 1 is 1.16 bits per heavy atom. The van der Waals surface area contributed by atoms with E-state index in [0.717, 1.165) is 17.7 Å². The number of nitrogens with one attached hydrogen (secondary N) is 1. The monoisotopic (exact) mass is 474 g/mol. The first-order chi connectivity index (χ1) is 14.9. The first-order valence-electron chi connectivity index (χ1n) is 9.78. The summed E-state index contributed by atoms with van der Waals surface area (Å²) in [7, 11) is -3.56. The molecule has 31 heavy (non-hydrogen) atoms. The third-order valence-corrected chi connectivity index (χ3v) is 8.46. The molecule has 4 rings (SSSR count). The maximum absolute atomic E-state index is 13.1. The number of carbonyl (C=O) groups excluding carboxylic acids is 1. The lowest BCUT2D eigenvalue weighted by molar-refractivity contribution is 0.102. The Bertz CT molecular complexity index is 1200. The normalized spacial score (nSPS) is 14.6. The molecule has 7 nitrogen and oxygen atoms in total. The van der Waals surface area contributed by atoms with Crippen molar-refractivity contribution in [3.8, 4) is 10.7 Å². The van der Waals surface area contributed by atoms with Crippen LogP contribution in [-0.4, -0.2) is 47.9 Å². The van der Waals surface area contributed by atoms with Gasteiger partial charge in [0.15, 0.2) is 5.82 Å². The smallest absolute Gasteiger partial charge is 0.260 e. The number of hydrogen-bond donors (Lipinski definition) is 1. The van der Waals surface area contributed by atoms with Crippen molar-refractivity contribution in [3.05, 3.63) is 53.0 Å². The van der Waals surface area contributed by atoms with E-state index in [1.807, 2.05) is 23.8 Å². The average molecular weight is 475 g/mol. The van der Waals surface area contributed by atoms with Gasteiger partial charge in [-0.25, -0.2) is 18.4 Å². The summed E-state index contributed by atoms with van der Waals surface area (Å²) in [6.45, 7) is 2.84. The van der Waals surface area contributed by atoms with Crippen LogP contribution in [0.4, 0.5) is 5.69 Å². The van der Waals surface area contributed by atoms with Crippen LogP contribution < -0.4 is 5.32 Å². The maximum atomic E-state index is 13.1. The van der Waals surface area contributed by atoms with Crippen LogP contribution in [0.25, 0.3) is 10.7 Å². The summed E-state index contributed by atoms with van der Waals surface area (Å²) in [5.41, 5.74) is 1.38. The van der Waals surface area contributed by atoms with Gasteiger partial charge in [-0.3, -0.25) is 4.79 Å². The number of carbonyl (C=O) groups is 1. The van der Waals surface area contributed by atoms with Crippen LogP contribution in [0.15, 0.2) is 51.7 Å². The van der Waals surface area contributed by atoms with Gasteiger partial charge in [-0.1, -0.05) is 12.1 Å². The van der Waals surface area contributed by atoms with Crippen LogP contribution in [0, 0.1) is 6.92 Å². The summed E-state index contributed by atoms with van der Waals surface area (Å²) in [5, 5.41) is 5.35. The molecule has 1 amide bonds. The summed E-state index contributed by atoms with van der Waals surface area (Å²) in [6, 6.07) is 10.2. The van der Waals surface area contributed by atoms with Crippen molar-refractivity contribution in [3.63, 3.8) is 0 Å². The van der Waals surface area contributed by atoms with Gasteiger partial charge >= 0.3 is 0 Å². The lowest BCUT2D eigenvalue weighted by Crippen LogP contribution is -2.28. The van der Waals surface area contributed by atoms with Gasteiger partial charge in [0.2, 0.25) is 10.0 Å². The number of nitrogens with zero attached hydrogens (tertiary/aromatic N) is 3. The molecular formula is C21H22N4O3S3. The van der Waals surface area contributed by atoms with E-state index in [4.69, 9.17) is 0 Å². The number of benzene rings is 1. The fourth-order valence-electron chi connectivity index (χ4n) is 3.48. The molecule has 0 atom stereocenters. The zero-order valence-electron chi connectivity index (χ0n) is 17.2. The second-order valence-corrected chi connectivity index (χ2v) is 10.8. The van der Waals surface area contributed by atoms with Crippen LogP contribution in [0.3, 0.4) is 0 Å². The molecule has 0 bridgehead atoms. The largest absolute Gasteiger partial charge is 0.322 e. The third-order valence-electron chi connectivity index (χ3n) is 5.01. The zero-order chi connectivity index (χ0) is 22.0. The highest BCUT2D eigenvalue weighted by Gasteiger charge is 2.27. The average Bonchev–Trinajstić information content (AvgIpc) is 3.47. The van der Waals surface area contributed by atoms with Gasteiger partial charge < -0.3 is 5.32 Å². The molecule has 3 aromatic rings. The molecule has 0 spiro atoms. The van der Waals surface area contributed by atoms with Crippen molar-refractivity contribution in [2.24, 2.45) is 0 Å². The van der Waals surface area contributed by atoms with Crippen LogP contribution in [0.1, 0.15) is 28.9 Å². The first kappa shape index (κ1) is 21.9. The minimum atomic E-state index is -3.56. The minimum Gasteiger partial charge on any atom is -0.322 e. The summed E-state index contributed by atoms with van der Waals surface area (Å²) >= 11 is 2.91. The molecule has 1 aromatic carbocycles. The number of sulfonamides is 1. The van der Waals surface area contributed by atoms with Gasteiger partial charge in [0.25, 0.3) is 5.91 Å². The second kappa shape index (κ2) is 9.07. The number of aromatic nitrogens is 2. The predicted molar refractivity (Wildman–Crippen MR) is 124 cm³/mol. The first-order valence-corrected chi connectivity index (χ1v) is 13.3. The van der Waals surface area contributed by atoms with Crippen LogP contribution in [0.5, 0.6) is 0 Å². The molecular weight excluding hydrogens is 452 g/mol. The van der Waals surface area contributed by atoms with E-state index >= 15 is 0 Å². The Morgan fingerprint density at radius 3 is 2.61 bits per heavy atom. The number of thiophene rings is 1. The standard InChI is InChI=1S/C21H22N4O3S3/c1-14-18(21(29-2)24-19(22-14)17-9-6-12-30-17)20(26)23-15-7-5-8-16(13-15)31(27,28)25-10-3-4-11-25/h5-9,12-13H,3-4,10-11H2,1-2H3,(H,23,26). The van der Waals surface area contributed by atoms with Gasteiger partial charge in [-0.05, 0) is 55.7 Å². The second-order valence-electron chi connectivity index (χ2n) is 7.09. The van der Waals surface area contributed by atoms with E-state index in [1.54, 1.807) is 25.1 Å². The fraction of sp³-hybridized carbons (Fsp3) is 0.286. The fourth-order valence-corrected chi connectivity index (χ4v) is 6.32. The Labute approximate surface area is 190 Å².